The SMILES string of the molecule is COC(=O)[C@H]1CCCCN1Cc1nnnn1-c1ccccc1. The standard InChI is InChI=1S/C15H19N5O2/c1-22-15(21)13-9-5-6-10-19(13)11-14-16-17-18-20(14)12-7-3-2-4-8-12/h2-4,7-8,13H,5-6,9-11H2,1H3/t13-/m1/s1. The molecule has 1 aliphatic heterocycles. The Hall–Kier alpha value is -2.28. The minimum absolute atomic E-state index is 0.182. The number of esters is 1. The number of ether oxygens (including phenoxy) is 1. The van der Waals surface area contributed by atoms with Gasteiger partial charge in [0.1, 0.15) is 6.04 Å². The van der Waals surface area contributed by atoms with Gasteiger partial charge in [0.15, 0.2) is 5.82 Å². The van der Waals surface area contributed by atoms with Crippen molar-refractivity contribution >= 4 is 5.97 Å². The summed E-state index contributed by atoms with van der Waals surface area (Å²) >= 11 is 0. The highest BCUT2D eigenvalue weighted by Gasteiger charge is 2.30. The number of hydrogen-bond donors (Lipinski definition) is 0. The summed E-state index contributed by atoms with van der Waals surface area (Å²) in [5, 5.41) is 11.9. The molecule has 1 atom stereocenters. The van der Waals surface area contributed by atoms with E-state index in [0.717, 1.165) is 37.3 Å². The normalized spacial score (nSPS) is 19.0. The largest absolute Gasteiger partial charge is 0.468 e. The number of benzene rings is 1. The van der Waals surface area contributed by atoms with E-state index in [2.05, 4.69) is 20.4 Å². The van der Waals surface area contributed by atoms with Crippen molar-refractivity contribution in [2.75, 3.05) is 13.7 Å². The average molecular weight is 301 g/mol. The highest BCUT2D eigenvalue weighted by molar-refractivity contribution is 5.75. The second-order valence-corrected chi connectivity index (χ2v) is 5.35. The molecule has 1 aliphatic rings. The number of hydrogen-bond acceptors (Lipinski definition) is 6. The third-order valence-corrected chi connectivity index (χ3v) is 3.97. The minimum Gasteiger partial charge on any atom is -0.468 e. The number of likely N-dealkylation sites (tertiary alicyclic amines) is 1. The number of tetrazole rings is 1. The van der Waals surface area contributed by atoms with E-state index >= 15 is 0 Å². The van der Waals surface area contributed by atoms with Gasteiger partial charge in [0.2, 0.25) is 0 Å². The van der Waals surface area contributed by atoms with Gasteiger partial charge in [-0.25, -0.2) is 0 Å². The van der Waals surface area contributed by atoms with Crippen molar-refractivity contribution in [1.29, 1.82) is 0 Å². The molecule has 0 bridgehead atoms. The smallest absolute Gasteiger partial charge is 0.323 e. The Labute approximate surface area is 128 Å². The van der Waals surface area contributed by atoms with E-state index in [4.69, 9.17) is 4.74 Å². The van der Waals surface area contributed by atoms with Gasteiger partial charge in [-0.1, -0.05) is 24.6 Å². The van der Waals surface area contributed by atoms with Crippen molar-refractivity contribution in [3.63, 3.8) is 0 Å². The van der Waals surface area contributed by atoms with Crippen molar-refractivity contribution in [1.82, 2.24) is 25.1 Å². The van der Waals surface area contributed by atoms with E-state index in [1.54, 1.807) is 4.68 Å². The van der Waals surface area contributed by atoms with Crippen molar-refractivity contribution < 1.29 is 9.53 Å². The molecule has 7 heteroatoms. The second-order valence-electron chi connectivity index (χ2n) is 5.35. The van der Waals surface area contributed by atoms with Gasteiger partial charge in [0.25, 0.3) is 0 Å². The molecule has 1 fully saturated rings. The highest BCUT2D eigenvalue weighted by atomic mass is 16.5. The van der Waals surface area contributed by atoms with Crippen LogP contribution in [0.15, 0.2) is 30.3 Å². The second kappa shape index (κ2) is 6.65. The summed E-state index contributed by atoms with van der Waals surface area (Å²) in [7, 11) is 1.43. The fraction of sp³-hybridized carbons (Fsp3) is 0.467. The Morgan fingerprint density at radius 3 is 2.91 bits per heavy atom. The first-order valence-electron chi connectivity index (χ1n) is 7.44. The van der Waals surface area contributed by atoms with Crippen LogP contribution in [0.2, 0.25) is 0 Å². The Bertz CT molecular complexity index is 628. The first-order valence-corrected chi connectivity index (χ1v) is 7.44. The van der Waals surface area contributed by atoms with Crippen LogP contribution in [0.4, 0.5) is 0 Å². The van der Waals surface area contributed by atoms with Gasteiger partial charge >= 0.3 is 5.97 Å². The maximum atomic E-state index is 11.9. The molecule has 0 amide bonds. The molecule has 3 rings (SSSR count). The number of rotatable bonds is 4. The summed E-state index contributed by atoms with van der Waals surface area (Å²) in [6, 6.07) is 9.53. The average Bonchev–Trinajstić information content (AvgIpc) is 3.03. The molecule has 0 radical (unpaired) electrons. The van der Waals surface area contributed by atoms with Gasteiger partial charge in [0.05, 0.1) is 19.3 Å². The number of methoxy groups -OCH3 is 1. The maximum Gasteiger partial charge on any atom is 0.323 e. The topological polar surface area (TPSA) is 73.1 Å². The molecule has 22 heavy (non-hydrogen) atoms. The lowest BCUT2D eigenvalue weighted by molar-refractivity contribution is -0.148. The van der Waals surface area contributed by atoms with Crippen LogP contribution in [-0.2, 0) is 16.1 Å². The molecule has 0 N–H and O–H groups in total. The summed E-state index contributed by atoms with van der Waals surface area (Å²) in [5.41, 5.74) is 0.911. The molecule has 2 heterocycles. The predicted octanol–water partition coefficient (Wildman–Crippen LogP) is 1.19. The Morgan fingerprint density at radius 1 is 1.32 bits per heavy atom. The lowest BCUT2D eigenvalue weighted by atomic mass is 10.0. The Kier molecular flexibility index (Phi) is 4.43. The van der Waals surface area contributed by atoms with Crippen LogP contribution < -0.4 is 0 Å². The number of para-hydroxylation sites is 1. The van der Waals surface area contributed by atoms with E-state index in [9.17, 15) is 4.79 Å². The van der Waals surface area contributed by atoms with Gasteiger partial charge in [-0.3, -0.25) is 9.69 Å². The van der Waals surface area contributed by atoms with Gasteiger partial charge in [0, 0.05) is 0 Å². The highest BCUT2D eigenvalue weighted by Crippen LogP contribution is 2.20. The fourth-order valence-electron chi connectivity index (χ4n) is 2.84. The molecule has 7 nitrogen and oxygen atoms in total. The minimum atomic E-state index is -0.209. The van der Waals surface area contributed by atoms with Crippen LogP contribution in [0.5, 0.6) is 0 Å². The first-order chi connectivity index (χ1) is 10.8. The maximum absolute atomic E-state index is 11.9. The van der Waals surface area contributed by atoms with Gasteiger partial charge in [-0.15, -0.1) is 5.10 Å². The zero-order valence-corrected chi connectivity index (χ0v) is 12.6. The van der Waals surface area contributed by atoms with Crippen LogP contribution in [0.3, 0.4) is 0 Å². The summed E-state index contributed by atoms with van der Waals surface area (Å²) in [4.78, 5) is 14.0. The Balaban J connectivity index is 1.81. The van der Waals surface area contributed by atoms with E-state index in [1.165, 1.54) is 7.11 Å². The molecule has 0 aliphatic carbocycles. The van der Waals surface area contributed by atoms with Crippen LogP contribution in [-0.4, -0.2) is 50.8 Å². The third kappa shape index (κ3) is 2.99. The molecule has 0 saturated carbocycles. The number of piperidine rings is 1. The van der Waals surface area contributed by atoms with Crippen LogP contribution in [0.25, 0.3) is 5.69 Å². The Morgan fingerprint density at radius 2 is 2.14 bits per heavy atom. The van der Waals surface area contributed by atoms with Crippen LogP contribution in [0, 0.1) is 0 Å². The van der Waals surface area contributed by atoms with Gasteiger partial charge < -0.3 is 4.74 Å². The first kappa shape index (κ1) is 14.6. The number of carbonyl (C=O) groups is 1. The van der Waals surface area contributed by atoms with E-state index in [-0.39, 0.29) is 12.0 Å². The monoisotopic (exact) mass is 301 g/mol. The molecule has 1 saturated heterocycles. The van der Waals surface area contributed by atoms with Crippen molar-refractivity contribution in [3.05, 3.63) is 36.2 Å². The summed E-state index contributed by atoms with van der Waals surface area (Å²) in [6.45, 7) is 1.38. The van der Waals surface area contributed by atoms with Gasteiger partial charge in [-0.2, -0.15) is 4.68 Å². The van der Waals surface area contributed by atoms with Gasteiger partial charge in [-0.05, 0) is 41.9 Å². The number of aromatic nitrogens is 4. The third-order valence-electron chi connectivity index (χ3n) is 3.97. The van der Waals surface area contributed by atoms with Crippen molar-refractivity contribution in [2.24, 2.45) is 0 Å². The lowest BCUT2D eigenvalue weighted by Gasteiger charge is -2.33. The zero-order valence-electron chi connectivity index (χ0n) is 12.6. The molecule has 1 aromatic heterocycles. The molecular formula is C15H19N5O2. The van der Waals surface area contributed by atoms with Crippen LogP contribution in [0.1, 0.15) is 25.1 Å². The zero-order chi connectivity index (χ0) is 15.4. The van der Waals surface area contributed by atoms with E-state index in [0.29, 0.717) is 6.54 Å². The van der Waals surface area contributed by atoms with Crippen molar-refractivity contribution in [3.8, 4) is 5.69 Å². The summed E-state index contributed by atoms with van der Waals surface area (Å²) in [6.07, 6.45) is 2.93. The summed E-state index contributed by atoms with van der Waals surface area (Å²) in [5.74, 6) is 0.542. The molecular weight excluding hydrogens is 282 g/mol. The number of carbonyl (C=O) groups excluding carboxylic acids is 1. The fourth-order valence-corrected chi connectivity index (χ4v) is 2.84. The predicted molar refractivity (Wildman–Crippen MR) is 79.2 cm³/mol. The quantitative estimate of drug-likeness (QED) is 0.790. The number of nitrogens with zero attached hydrogens (tertiary/aromatic N) is 5. The van der Waals surface area contributed by atoms with E-state index < -0.39 is 0 Å². The molecule has 2 aromatic rings. The molecule has 0 spiro atoms. The molecule has 0 unspecified atom stereocenters. The summed E-state index contributed by atoms with van der Waals surface area (Å²) < 4.78 is 6.63. The molecule has 1 aromatic carbocycles. The van der Waals surface area contributed by atoms with Crippen molar-refractivity contribution in [2.45, 2.75) is 31.8 Å². The van der Waals surface area contributed by atoms with E-state index in [1.807, 2.05) is 30.3 Å². The molecule has 116 valence electrons. The van der Waals surface area contributed by atoms with Crippen LogP contribution >= 0.6 is 0 Å². The lowest BCUT2D eigenvalue weighted by Crippen LogP contribution is -2.45.